The number of piperidine rings is 1. The topological polar surface area (TPSA) is 21.3 Å². The van der Waals surface area contributed by atoms with E-state index in [0.29, 0.717) is 12.0 Å². The Labute approximate surface area is 75.7 Å². The number of methoxy groups -OCH3 is 1. The summed E-state index contributed by atoms with van der Waals surface area (Å²) in [5, 5.41) is 3.42. The largest absolute Gasteiger partial charge is 0.381 e. The van der Waals surface area contributed by atoms with Crippen LogP contribution in [0.2, 0.25) is 0 Å². The summed E-state index contributed by atoms with van der Waals surface area (Å²) in [4.78, 5) is 0. The van der Waals surface area contributed by atoms with Crippen molar-refractivity contribution in [3.05, 3.63) is 0 Å². The van der Waals surface area contributed by atoms with Crippen molar-refractivity contribution in [2.24, 2.45) is 11.8 Å². The zero-order valence-corrected chi connectivity index (χ0v) is 8.47. The molecule has 2 atom stereocenters. The quantitative estimate of drug-likeness (QED) is 0.697. The van der Waals surface area contributed by atoms with Crippen LogP contribution in [-0.2, 0) is 4.74 Å². The summed E-state index contributed by atoms with van der Waals surface area (Å²) in [7, 11) is 1.83. The van der Waals surface area contributed by atoms with Crippen molar-refractivity contribution >= 4 is 0 Å². The minimum Gasteiger partial charge on any atom is -0.381 e. The molecule has 2 heteroatoms. The van der Waals surface area contributed by atoms with Crippen molar-refractivity contribution < 1.29 is 4.74 Å². The van der Waals surface area contributed by atoms with Gasteiger partial charge in [0.15, 0.2) is 0 Å². The van der Waals surface area contributed by atoms with Crippen molar-refractivity contribution in [2.75, 3.05) is 20.2 Å². The Hall–Kier alpha value is -0.0800. The monoisotopic (exact) mass is 171 g/mol. The van der Waals surface area contributed by atoms with Gasteiger partial charge in [0, 0.05) is 13.7 Å². The molecule has 0 amide bonds. The molecule has 2 nitrogen and oxygen atoms in total. The predicted octanol–water partition coefficient (Wildman–Crippen LogP) is 1.66. The van der Waals surface area contributed by atoms with Gasteiger partial charge in [-0.1, -0.05) is 13.8 Å². The minimum atomic E-state index is 0.442. The third-order valence-electron chi connectivity index (χ3n) is 2.73. The molecule has 1 N–H and O–H groups in total. The fraction of sp³-hybridized carbons (Fsp3) is 1.00. The molecule has 1 aliphatic heterocycles. The molecule has 0 aromatic carbocycles. The highest BCUT2D eigenvalue weighted by Crippen LogP contribution is 2.22. The van der Waals surface area contributed by atoms with E-state index in [2.05, 4.69) is 19.2 Å². The summed E-state index contributed by atoms with van der Waals surface area (Å²) < 4.78 is 5.51. The van der Waals surface area contributed by atoms with Gasteiger partial charge in [0.25, 0.3) is 0 Å². The Bertz CT molecular complexity index is 119. The number of hydrogen-bond donors (Lipinski definition) is 1. The van der Waals surface area contributed by atoms with Crippen molar-refractivity contribution in [3.63, 3.8) is 0 Å². The van der Waals surface area contributed by atoms with Crippen LogP contribution in [-0.4, -0.2) is 26.3 Å². The second kappa shape index (κ2) is 4.83. The van der Waals surface area contributed by atoms with Crippen LogP contribution in [0.3, 0.4) is 0 Å². The molecule has 1 saturated heterocycles. The van der Waals surface area contributed by atoms with Crippen LogP contribution >= 0.6 is 0 Å². The van der Waals surface area contributed by atoms with Gasteiger partial charge in [-0.2, -0.15) is 0 Å². The van der Waals surface area contributed by atoms with Crippen molar-refractivity contribution in [3.8, 4) is 0 Å². The van der Waals surface area contributed by atoms with Crippen LogP contribution in [0.1, 0.15) is 26.7 Å². The van der Waals surface area contributed by atoms with Crippen molar-refractivity contribution in [1.82, 2.24) is 5.32 Å². The third kappa shape index (κ3) is 2.46. The first-order valence-corrected chi connectivity index (χ1v) is 4.99. The molecule has 12 heavy (non-hydrogen) atoms. The Morgan fingerprint density at radius 1 is 1.42 bits per heavy atom. The Morgan fingerprint density at radius 2 is 2.17 bits per heavy atom. The number of ether oxygens (including phenoxy) is 1. The highest BCUT2D eigenvalue weighted by atomic mass is 16.5. The summed E-state index contributed by atoms with van der Waals surface area (Å²) >= 11 is 0. The highest BCUT2D eigenvalue weighted by Gasteiger charge is 2.25. The summed E-state index contributed by atoms with van der Waals surface area (Å²) in [5.41, 5.74) is 0. The molecule has 0 bridgehead atoms. The smallest absolute Gasteiger partial charge is 0.0634 e. The molecule has 1 fully saturated rings. The van der Waals surface area contributed by atoms with Gasteiger partial charge < -0.3 is 10.1 Å². The molecule has 0 aromatic heterocycles. The summed E-state index contributed by atoms with van der Waals surface area (Å²) in [6.45, 7) is 6.80. The predicted molar refractivity (Wildman–Crippen MR) is 51.2 cm³/mol. The van der Waals surface area contributed by atoms with Gasteiger partial charge in [-0.05, 0) is 31.2 Å². The minimum absolute atomic E-state index is 0.442. The summed E-state index contributed by atoms with van der Waals surface area (Å²) in [6, 6.07) is 0. The van der Waals surface area contributed by atoms with Crippen LogP contribution in [0.4, 0.5) is 0 Å². The molecule has 0 spiro atoms. The molecular weight excluding hydrogens is 150 g/mol. The van der Waals surface area contributed by atoms with E-state index in [1.807, 2.05) is 7.11 Å². The SMILES string of the molecule is COC(C(C)C)C1CCCNC1. The van der Waals surface area contributed by atoms with Crippen LogP contribution in [0, 0.1) is 11.8 Å². The first-order valence-electron chi connectivity index (χ1n) is 4.99. The molecule has 0 aromatic rings. The third-order valence-corrected chi connectivity index (χ3v) is 2.73. The maximum absolute atomic E-state index is 5.51. The van der Waals surface area contributed by atoms with Crippen molar-refractivity contribution in [1.29, 1.82) is 0 Å². The standard InChI is InChI=1S/C10H21NO/c1-8(2)10(12-3)9-5-4-6-11-7-9/h8-11H,4-7H2,1-3H3. The van der Waals surface area contributed by atoms with Gasteiger partial charge in [-0.15, -0.1) is 0 Å². The van der Waals surface area contributed by atoms with E-state index in [4.69, 9.17) is 4.74 Å². The number of nitrogens with one attached hydrogen (secondary N) is 1. The van der Waals surface area contributed by atoms with E-state index in [1.165, 1.54) is 19.4 Å². The van der Waals surface area contributed by atoms with E-state index in [1.54, 1.807) is 0 Å². The van der Waals surface area contributed by atoms with Gasteiger partial charge in [0.2, 0.25) is 0 Å². The van der Waals surface area contributed by atoms with E-state index in [0.717, 1.165) is 12.5 Å². The lowest BCUT2D eigenvalue weighted by atomic mass is 9.87. The highest BCUT2D eigenvalue weighted by molar-refractivity contribution is 4.78. The molecule has 1 rings (SSSR count). The van der Waals surface area contributed by atoms with Gasteiger partial charge in [0.05, 0.1) is 6.10 Å². The Balaban J connectivity index is 2.40. The zero-order valence-electron chi connectivity index (χ0n) is 8.47. The first kappa shape index (κ1) is 10.0. The first-order chi connectivity index (χ1) is 5.75. The Morgan fingerprint density at radius 3 is 2.58 bits per heavy atom. The summed E-state index contributed by atoms with van der Waals surface area (Å²) in [5.74, 6) is 1.36. The van der Waals surface area contributed by atoms with E-state index >= 15 is 0 Å². The van der Waals surface area contributed by atoms with Crippen molar-refractivity contribution in [2.45, 2.75) is 32.8 Å². The molecule has 0 radical (unpaired) electrons. The number of rotatable bonds is 3. The van der Waals surface area contributed by atoms with Crippen LogP contribution in [0.25, 0.3) is 0 Å². The maximum Gasteiger partial charge on any atom is 0.0634 e. The van der Waals surface area contributed by atoms with Crippen LogP contribution in [0.15, 0.2) is 0 Å². The molecular formula is C10H21NO. The van der Waals surface area contributed by atoms with Gasteiger partial charge in [0.1, 0.15) is 0 Å². The summed E-state index contributed by atoms with van der Waals surface area (Å²) in [6.07, 6.45) is 3.07. The van der Waals surface area contributed by atoms with Gasteiger partial charge in [-0.3, -0.25) is 0 Å². The van der Waals surface area contributed by atoms with Crippen LogP contribution < -0.4 is 5.32 Å². The van der Waals surface area contributed by atoms with E-state index < -0.39 is 0 Å². The fourth-order valence-electron chi connectivity index (χ4n) is 2.17. The molecule has 1 aliphatic rings. The second-order valence-electron chi connectivity index (χ2n) is 4.05. The molecule has 0 saturated carbocycles. The second-order valence-corrected chi connectivity index (χ2v) is 4.05. The van der Waals surface area contributed by atoms with E-state index in [-0.39, 0.29) is 0 Å². The molecule has 2 unspecified atom stereocenters. The average Bonchev–Trinajstić information content (AvgIpc) is 2.07. The molecule has 1 heterocycles. The lowest BCUT2D eigenvalue weighted by Gasteiger charge is -2.32. The normalized spacial score (nSPS) is 27.5. The fourth-order valence-corrected chi connectivity index (χ4v) is 2.17. The van der Waals surface area contributed by atoms with Gasteiger partial charge >= 0.3 is 0 Å². The average molecular weight is 171 g/mol. The lowest BCUT2D eigenvalue weighted by molar-refractivity contribution is 0.00878. The molecule has 72 valence electrons. The van der Waals surface area contributed by atoms with Gasteiger partial charge in [-0.25, -0.2) is 0 Å². The number of hydrogen-bond acceptors (Lipinski definition) is 2. The zero-order chi connectivity index (χ0) is 8.97. The maximum atomic E-state index is 5.51. The Kier molecular flexibility index (Phi) is 4.02. The van der Waals surface area contributed by atoms with Crippen LogP contribution in [0.5, 0.6) is 0 Å². The van der Waals surface area contributed by atoms with E-state index in [9.17, 15) is 0 Å². The lowest BCUT2D eigenvalue weighted by Crippen LogP contribution is -2.39. The molecule has 0 aliphatic carbocycles.